The van der Waals surface area contributed by atoms with Crippen LogP contribution in [0.3, 0.4) is 0 Å². The van der Waals surface area contributed by atoms with Crippen LogP contribution in [-0.4, -0.2) is 0 Å². The van der Waals surface area contributed by atoms with Crippen molar-refractivity contribution in [1.82, 2.24) is 0 Å². The van der Waals surface area contributed by atoms with Gasteiger partial charge in [-0.25, -0.2) is 0 Å². The molecule has 0 nitrogen and oxygen atoms in total. The number of benzene rings is 7. The second kappa shape index (κ2) is 10.2. The first-order chi connectivity index (χ1) is 23.6. The molecule has 1 heterocycles. The van der Waals surface area contributed by atoms with Gasteiger partial charge in [-0.15, -0.1) is 0 Å². The topological polar surface area (TPSA) is 0 Å². The molecule has 1 atom stereocenters. The van der Waals surface area contributed by atoms with Crippen LogP contribution in [0.2, 0.25) is 0 Å². The SMILES string of the molecule is CC1(C)c2ccccc2-c2cc(C(c3ccccc3)c3ccc4c(c3)C3(c5ccccc5Sc5ccccc53)c3ccccc3-4)ccc21. The Morgan fingerprint density at radius 3 is 1.58 bits per heavy atom. The standard InChI is InChI=1S/C47H34S/c1-46(2)37-18-8-6-17-34(37)36-28-31(25-27-38(36)46)45(30-14-4-3-5-15-30)32-24-26-35-33-16-7-9-19-39(33)47(42(35)29-32)40-20-10-12-22-43(40)48-44-23-13-11-21-41(44)47/h3-29,45H,1-2H3. The first kappa shape index (κ1) is 28.0. The fraction of sp³-hybridized carbons (Fsp3) is 0.106. The van der Waals surface area contributed by atoms with Crippen LogP contribution in [0.1, 0.15) is 69.8 Å². The Morgan fingerprint density at radius 2 is 0.875 bits per heavy atom. The molecule has 2 aliphatic carbocycles. The van der Waals surface area contributed by atoms with Gasteiger partial charge in [0, 0.05) is 21.1 Å². The van der Waals surface area contributed by atoms with Crippen LogP contribution < -0.4 is 0 Å². The van der Waals surface area contributed by atoms with Gasteiger partial charge in [0.15, 0.2) is 0 Å². The Morgan fingerprint density at radius 1 is 0.375 bits per heavy atom. The molecule has 0 radical (unpaired) electrons. The molecule has 1 unspecified atom stereocenters. The lowest BCUT2D eigenvalue weighted by Gasteiger charge is -2.40. The smallest absolute Gasteiger partial charge is 0.0735 e. The van der Waals surface area contributed by atoms with E-state index in [2.05, 4.69) is 178 Å². The van der Waals surface area contributed by atoms with Crippen molar-refractivity contribution in [2.24, 2.45) is 0 Å². The monoisotopic (exact) mass is 630 g/mol. The van der Waals surface area contributed by atoms with Gasteiger partial charge in [0.2, 0.25) is 0 Å². The molecule has 7 aromatic carbocycles. The highest BCUT2D eigenvalue weighted by molar-refractivity contribution is 7.99. The fourth-order valence-electron chi connectivity index (χ4n) is 9.19. The lowest BCUT2D eigenvalue weighted by molar-refractivity contribution is 0.660. The average molecular weight is 631 g/mol. The van der Waals surface area contributed by atoms with Gasteiger partial charge in [-0.3, -0.25) is 0 Å². The zero-order chi connectivity index (χ0) is 32.0. The summed E-state index contributed by atoms with van der Waals surface area (Å²) in [4.78, 5) is 2.67. The summed E-state index contributed by atoms with van der Waals surface area (Å²) in [6.45, 7) is 4.73. The van der Waals surface area contributed by atoms with Gasteiger partial charge >= 0.3 is 0 Å². The van der Waals surface area contributed by atoms with E-state index in [1.807, 2.05) is 11.8 Å². The number of hydrogen-bond acceptors (Lipinski definition) is 1. The van der Waals surface area contributed by atoms with Crippen LogP contribution in [0.5, 0.6) is 0 Å². The van der Waals surface area contributed by atoms with Crippen molar-refractivity contribution in [3.63, 3.8) is 0 Å². The predicted molar refractivity (Wildman–Crippen MR) is 199 cm³/mol. The van der Waals surface area contributed by atoms with Gasteiger partial charge in [-0.2, -0.15) is 0 Å². The Balaban J connectivity index is 1.24. The van der Waals surface area contributed by atoms with Crippen molar-refractivity contribution < 1.29 is 0 Å². The zero-order valence-corrected chi connectivity index (χ0v) is 27.9. The van der Waals surface area contributed by atoms with Crippen LogP contribution in [0.4, 0.5) is 0 Å². The van der Waals surface area contributed by atoms with Crippen LogP contribution in [0, 0.1) is 0 Å². The van der Waals surface area contributed by atoms with Crippen LogP contribution >= 0.6 is 11.8 Å². The Kier molecular flexibility index (Phi) is 5.94. The van der Waals surface area contributed by atoms with E-state index >= 15 is 0 Å². The summed E-state index contributed by atoms with van der Waals surface area (Å²) in [5.74, 6) is 0.0851. The first-order valence-electron chi connectivity index (χ1n) is 17.0. The molecule has 7 aromatic rings. The molecular formula is C47H34S. The minimum atomic E-state index is -0.386. The fourth-order valence-corrected chi connectivity index (χ4v) is 10.4. The van der Waals surface area contributed by atoms with E-state index in [0.29, 0.717) is 0 Å². The van der Waals surface area contributed by atoms with Crippen LogP contribution in [0.15, 0.2) is 174 Å². The maximum atomic E-state index is 2.56. The molecule has 0 N–H and O–H groups in total. The van der Waals surface area contributed by atoms with Gasteiger partial charge < -0.3 is 0 Å². The molecule has 1 aliphatic heterocycles. The van der Waals surface area contributed by atoms with E-state index in [0.717, 1.165) is 0 Å². The highest BCUT2D eigenvalue weighted by atomic mass is 32.2. The molecular weight excluding hydrogens is 597 g/mol. The van der Waals surface area contributed by atoms with Crippen LogP contribution in [-0.2, 0) is 10.8 Å². The predicted octanol–water partition coefficient (Wildman–Crippen LogP) is 12.0. The summed E-state index contributed by atoms with van der Waals surface area (Å²) in [6, 6.07) is 62.0. The summed E-state index contributed by atoms with van der Waals surface area (Å²) in [5.41, 5.74) is 17.3. The molecule has 1 heteroatoms. The summed E-state index contributed by atoms with van der Waals surface area (Å²) in [6.07, 6.45) is 0. The summed E-state index contributed by atoms with van der Waals surface area (Å²) < 4.78 is 0. The molecule has 1 spiro atoms. The van der Waals surface area contributed by atoms with Gasteiger partial charge in [0.05, 0.1) is 5.41 Å². The van der Waals surface area contributed by atoms with E-state index in [1.165, 1.54) is 82.1 Å². The van der Waals surface area contributed by atoms with Crippen molar-refractivity contribution in [1.29, 1.82) is 0 Å². The highest BCUT2D eigenvalue weighted by Crippen LogP contribution is 2.62. The molecule has 0 saturated carbocycles. The van der Waals surface area contributed by atoms with E-state index in [4.69, 9.17) is 0 Å². The summed E-state index contributed by atoms with van der Waals surface area (Å²) >= 11 is 1.90. The molecule has 228 valence electrons. The normalized spacial score (nSPS) is 15.9. The average Bonchev–Trinajstić information content (AvgIpc) is 3.55. The lowest BCUT2D eigenvalue weighted by Crippen LogP contribution is -2.32. The van der Waals surface area contributed by atoms with Crippen molar-refractivity contribution >= 4 is 11.8 Å². The van der Waals surface area contributed by atoms with E-state index in [9.17, 15) is 0 Å². The van der Waals surface area contributed by atoms with E-state index in [-0.39, 0.29) is 16.7 Å². The van der Waals surface area contributed by atoms with Crippen LogP contribution in [0.25, 0.3) is 22.3 Å². The van der Waals surface area contributed by atoms with Gasteiger partial charge in [0.25, 0.3) is 0 Å². The molecule has 0 aromatic heterocycles. The molecule has 3 aliphatic rings. The van der Waals surface area contributed by atoms with Crippen molar-refractivity contribution in [3.8, 4) is 22.3 Å². The van der Waals surface area contributed by atoms with Gasteiger partial charge in [-0.1, -0.05) is 171 Å². The molecule has 0 bridgehead atoms. The van der Waals surface area contributed by atoms with Crippen molar-refractivity contribution in [2.75, 3.05) is 0 Å². The molecule has 0 fully saturated rings. The third kappa shape index (κ3) is 3.68. The second-order valence-corrected chi connectivity index (χ2v) is 15.1. The first-order valence-corrected chi connectivity index (χ1v) is 17.8. The van der Waals surface area contributed by atoms with E-state index < -0.39 is 0 Å². The number of hydrogen-bond donors (Lipinski definition) is 0. The number of fused-ring (bicyclic) bond motifs is 12. The third-order valence-electron chi connectivity index (χ3n) is 11.3. The third-order valence-corrected chi connectivity index (χ3v) is 12.4. The maximum Gasteiger partial charge on any atom is 0.0735 e. The van der Waals surface area contributed by atoms with Crippen molar-refractivity contribution in [3.05, 3.63) is 214 Å². The number of rotatable bonds is 3. The van der Waals surface area contributed by atoms with Crippen molar-refractivity contribution in [2.45, 2.75) is 40.4 Å². The van der Waals surface area contributed by atoms with Gasteiger partial charge in [-0.05, 0) is 90.5 Å². The second-order valence-electron chi connectivity index (χ2n) is 14.0. The Bertz CT molecular complexity index is 2370. The molecule has 0 saturated heterocycles. The zero-order valence-electron chi connectivity index (χ0n) is 27.1. The Hall–Kier alpha value is -5.11. The lowest BCUT2D eigenvalue weighted by atomic mass is 9.67. The maximum absolute atomic E-state index is 2.56. The highest BCUT2D eigenvalue weighted by Gasteiger charge is 2.50. The van der Waals surface area contributed by atoms with E-state index in [1.54, 1.807) is 0 Å². The Labute approximate surface area is 287 Å². The molecule has 0 amide bonds. The largest absolute Gasteiger partial charge is 0.0894 e. The van der Waals surface area contributed by atoms with Gasteiger partial charge in [0.1, 0.15) is 0 Å². The summed E-state index contributed by atoms with van der Waals surface area (Å²) in [5, 5.41) is 0. The quantitative estimate of drug-likeness (QED) is 0.175. The minimum absolute atomic E-state index is 0.0157. The minimum Gasteiger partial charge on any atom is -0.0894 e. The molecule has 48 heavy (non-hydrogen) atoms. The molecule has 10 rings (SSSR count). The summed E-state index contributed by atoms with van der Waals surface area (Å²) in [7, 11) is 0.